The maximum absolute atomic E-state index is 12.0. The van der Waals surface area contributed by atoms with Gasteiger partial charge in [-0.05, 0) is 12.1 Å². The molecule has 1 aromatic carbocycles. The summed E-state index contributed by atoms with van der Waals surface area (Å²) < 4.78 is 0. The van der Waals surface area contributed by atoms with Gasteiger partial charge in [0.2, 0.25) is 11.7 Å². The summed E-state index contributed by atoms with van der Waals surface area (Å²) in [4.78, 5) is 15.6. The SMILES string of the molecule is Cc1ccc(-c2nnn(CC(=O)NCCN3CCNCC3)n2)cc1. The quantitative estimate of drug-likeness (QED) is 0.754. The first-order valence-electron chi connectivity index (χ1n) is 8.25. The lowest BCUT2D eigenvalue weighted by atomic mass is 10.1. The van der Waals surface area contributed by atoms with Crippen molar-refractivity contribution in [2.75, 3.05) is 39.3 Å². The predicted molar refractivity (Wildman–Crippen MR) is 90.3 cm³/mol. The number of aromatic nitrogens is 4. The van der Waals surface area contributed by atoms with Gasteiger partial charge in [0.05, 0.1) is 0 Å². The summed E-state index contributed by atoms with van der Waals surface area (Å²) in [5, 5.41) is 18.4. The molecule has 1 fully saturated rings. The molecule has 0 unspecified atom stereocenters. The van der Waals surface area contributed by atoms with Gasteiger partial charge in [-0.15, -0.1) is 10.2 Å². The second-order valence-corrected chi connectivity index (χ2v) is 5.95. The van der Waals surface area contributed by atoms with Crippen molar-refractivity contribution < 1.29 is 4.79 Å². The third-order valence-corrected chi connectivity index (χ3v) is 4.01. The number of hydrogen-bond acceptors (Lipinski definition) is 6. The first-order chi connectivity index (χ1) is 11.7. The van der Waals surface area contributed by atoms with Gasteiger partial charge in [-0.25, -0.2) is 0 Å². The molecule has 0 radical (unpaired) electrons. The summed E-state index contributed by atoms with van der Waals surface area (Å²) in [6.45, 7) is 7.70. The highest BCUT2D eigenvalue weighted by molar-refractivity contribution is 5.75. The summed E-state index contributed by atoms with van der Waals surface area (Å²) in [5.41, 5.74) is 2.07. The van der Waals surface area contributed by atoms with Crippen molar-refractivity contribution in [3.8, 4) is 11.4 Å². The Bertz CT molecular complexity index is 661. The number of nitrogens with one attached hydrogen (secondary N) is 2. The summed E-state index contributed by atoms with van der Waals surface area (Å²) in [6.07, 6.45) is 0. The van der Waals surface area contributed by atoms with Crippen molar-refractivity contribution >= 4 is 5.91 Å². The van der Waals surface area contributed by atoms with Gasteiger partial charge < -0.3 is 10.6 Å². The first-order valence-corrected chi connectivity index (χ1v) is 8.25. The maximum atomic E-state index is 12.0. The van der Waals surface area contributed by atoms with Crippen LogP contribution in [0.2, 0.25) is 0 Å². The largest absolute Gasteiger partial charge is 0.353 e. The minimum Gasteiger partial charge on any atom is -0.353 e. The van der Waals surface area contributed by atoms with E-state index in [1.165, 1.54) is 10.4 Å². The molecule has 1 aromatic heterocycles. The van der Waals surface area contributed by atoms with Crippen molar-refractivity contribution in [2.24, 2.45) is 0 Å². The topological polar surface area (TPSA) is 88.0 Å². The molecular weight excluding hydrogens is 306 g/mol. The zero-order valence-corrected chi connectivity index (χ0v) is 13.9. The molecule has 0 saturated carbocycles. The number of hydrogen-bond donors (Lipinski definition) is 2. The number of carbonyl (C=O) groups excluding carboxylic acids is 1. The van der Waals surface area contributed by atoms with E-state index >= 15 is 0 Å². The van der Waals surface area contributed by atoms with Crippen LogP contribution in [0.15, 0.2) is 24.3 Å². The Morgan fingerprint density at radius 2 is 2.00 bits per heavy atom. The maximum Gasteiger partial charge on any atom is 0.243 e. The lowest BCUT2D eigenvalue weighted by Gasteiger charge is -2.27. The number of benzene rings is 1. The smallest absolute Gasteiger partial charge is 0.243 e. The molecule has 0 atom stereocenters. The zero-order valence-electron chi connectivity index (χ0n) is 13.9. The molecule has 2 aromatic rings. The molecule has 8 nitrogen and oxygen atoms in total. The third-order valence-electron chi connectivity index (χ3n) is 4.01. The first kappa shape index (κ1) is 16.5. The summed E-state index contributed by atoms with van der Waals surface area (Å²) in [7, 11) is 0. The van der Waals surface area contributed by atoms with E-state index in [1.54, 1.807) is 0 Å². The van der Waals surface area contributed by atoms with Gasteiger partial charge in [-0.3, -0.25) is 9.69 Å². The minimum absolute atomic E-state index is 0.0837. The number of tetrazole rings is 1. The molecule has 0 spiro atoms. The number of carbonyl (C=O) groups is 1. The standard InChI is InChI=1S/C16H23N7O/c1-13-2-4-14(5-3-13)16-19-21-23(20-16)12-15(24)18-8-11-22-9-6-17-7-10-22/h2-5,17H,6-12H2,1H3,(H,18,24). The lowest BCUT2D eigenvalue weighted by molar-refractivity contribution is -0.122. The molecule has 2 N–H and O–H groups in total. The van der Waals surface area contributed by atoms with Crippen molar-refractivity contribution in [2.45, 2.75) is 13.5 Å². The van der Waals surface area contributed by atoms with Crippen LogP contribution in [-0.2, 0) is 11.3 Å². The number of rotatable bonds is 6. The molecule has 1 aliphatic rings. The van der Waals surface area contributed by atoms with Gasteiger partial charge in [0.1, 0.15) is 6.54 Å². The van der Waals surface area contributed by atoms with Gasteiger partial charge in [0.25, 0.3) is 0 Å². The van der Waals surface area contributed by atoms with Crippen LogP contribution in [0, 0.1) is 6.92 Å². The highest BCUT2D eigenvalue weighted by Gasteiger charge is 2.11. The molecule has 0 aliphatic carbocycles. The molecule has 2 heterocycles. The van der Waals surface area contributed by atoms with Crippen LogP contribution in [0.25, 0.3) is 11.4 Å². The van der Waals surface area contributed by atoms with Crippen LogP contribution < -0.4 is 10.6 Å². The minimum atomic E-state index is -0.0991. The number of amides is 1. The van der Waals surface area contributed by atoms with Crippen LogP contribution in [0.3, 0.4) is 0 Å². The summed E-state index contributed by atoms with van der Waals surface area (Å²) in [6, 6.07) is 7.90. The van der Waals surface area contributed by atoms with Crippen LogP contribution in [-0.4, -0.2) is 70.3 Å². The molecule has 24 heavy (non-hydrogen) atoms. The Morgan fingerprint density at radius 3 is 2.75 bits per heavy atom. The highest BCUT2D eigenvalue weighted by Crippen LogP contribution is 2.13. The monoisotopic (exact) mass is 329 g/mol. The Labute approximate surface area is 141 Å². The van der Waals surface area contributed by atoms with Crippen LogP contribution >= 0.6 is 0 Å². The molecule has 0 bridgehead atoms. The van der Waals surface area contributed by atoms with E-state index in [1.807, 2.05) is 31.2 Å². The van der Waals surface area contributed by atoms with E-state index in [4.69, 9.17) is 0 Å². The van der Waals surface area contributed by atoms with Crippen molar-refractivity contribution in [1.82, 2.24) is 35.7 Å². The molecule has 128 valence electrons. The van der Waals surface area contributed by atoms with E-state index in [2.05, 4.69) is 30.9 Å². The van der Waals surface area contributed by atoms with E-state index in [9.17, 15) is 4.79 Å². The third kappa shape index (κ3) is 4.59. The zero-order chi connectivity index (χ0) is 16.8. The van der Waals surface area contributed by atoms with Gasteiger partial charge in [0, 0.05) is 44.8 Å². The van der Waals surface area contributed by atoms with Crippen molar-refractivity contribution in [1.29, 1.82) is 0 Å². The molecule has 1 amide bonds. The fourth-order valence-corrected chi connectivity index (χ4v) is 2.60. The van der Waals surface area contributed by atoms with E-state index in [0.717, 1.165) is 38.3 Å². The average Bonchev–Trinajstić information content (AvgIpc) is 3.05. The van der Waals surface area contributed by atoms with Crippen molar-refractivity contribution in [3.63, 3.8) is 0 Å². The molecule has 1 saturated heterocycles. The lowest BCUT2D eigenvalue weighted by Crippen LogP contribution is -2.46. The second kappa shape index (κ2) is 7.98. The van der Waals surface area contributed by atoms with Gasteiger partial charge in [0.15, 0.2) is 0 Å². The van der Waals surface area contributed by atoms with Crippen molar-refractivity contribution in [3.05, 3.63) is 29.8 Å². The van der Waals surface area contributed by atoms with Crippen LogP contribution in [0.1, 0.15) is 5.56 Å². The Kier molecular flexibility index (Phi) is 5.50. The summed E-state index contributed by atoms with van der Waals surface area (Å²) in [5.74, 6) is 0.432. The summed E-state index contributed by atoms with van der Waals surface area (Å²) >= 11 is 0. The van der Waals surface area contributed by atoms with E-state index in [0.29, 0.717) is 12.4 Å². The molecular formula is C16H23N7O. The van der Waals surface area contributed by atoms with Crippen LogP contribution in [0.4, 0.5) is 0 Å². The molecule has 8 heteroatoms. The fraction of sp³-hybridized carbons (Fsp3) is 0.500. The number of aryl methyl sites for hydroxylation is 1. The predicted octanol–water partition coefficient (Wildman–Crippen LogP) is -0.330. The fourth-order valence-electron chi connectivity index (χ4n) is 2.60. The Hall–Kier alpha value is -2.32. The van der Waals surface area contributed by atoms with E-state index in [-0.39, 0.29) is 12.5 Å². The Balaban J connectivity index is 1.45. The normalized spacial score (nSPS) is 15.4. The van der Waals surface area contributed by atoms with Gasteiger partial charge >= 0.3 is 0 Å². The number of nitrogens with zero attached hydrogens (tertiary/aromatic N) is 5. The Morgan fingerprint density at radius 1 is 1.25 bits per heavy atom. The average molecular weight is 329 g/mol. The second-order valence-electron chi connectivity index (χ2n) is 5.95. The number of piperazine rings is 1. The van der Waals surface area contributed by atoms with Gasteiger partial charge in [-0.1, -0.05) is 29.8 Å². The highest BCUT2D eigenvalue weighted by atomic mass is 16.2. The molecule has 3 rings (SSSR count). The van der Waals surface area contributed by atoms with Gasteiger partial charge in [-0.2, -0.15) is 4.80 Å². The van der Waals surface area contributed by atoms with E-state index < -0.39 is 0 Å². The molecule has 1 aliphatic heterocycles. The van der Waals surface area contributed by atoms with Crippen LogP contribution in [0.5, 0.6) is 0 Å².